The number of ether oxygens (including phenoxy) is 2. The van der Waals surface area contributed by atoms with Crippen molar-refractivity contribution in [3.8, 4) is 5.75 Å². The van der Waals surface area contributed by atoms with Crippen molar-refractivity contribution in [2.24, 2.45) is 0 Å². The smallest absolute Gasteiger partial charge is 0.262 e. The number of morpholine rings is 1. The topological polar surface area (TPSA) is 79.9 Å². The van der Waals surface area contributed by atoms with Crippen LogP contribution in [0.15, 0.2) is 53.0 Å². The molecule has 166 valence electrons. The number of benzene rings is 2. The van der Waals surface area contributed by atoms with Crippen molar-refractivity contribution in [2.45, 2.75) is 26.1 Å². The minimum absolute atomic E-state index is 0.191. The first-order valence-electron chi connectivity index (χ1n) is 10.3. The van der Waals surface area contributed by atoms with Crippen molar-refractivity contribution in [3.05, 3.63) is 58.6 Å². The van der Waals surface area contributed by atoms with Crippen LogP contribution >= 0.6 is 15.9 Å². The Morgan fingerprint density at radius 3 is 2.48 bits per heavy atom. The maximum Gasteiger partial charge on any atom is 0.262 e. The van der Waals surface area contributed by atoms with Gasteiger partial charge in [-0.2, -0.15) is 0 Å². The Bertz CT molecular complexity index is 881. The average molecular weight is 490 g/mol. The van der Waals surface area contributed by atoms with Gasteiger partial charge in [0.15, 0.2) is 6.61 Å². The Hall–Kier alpha value is -2.42. The summed E-state index contributed by atoms with van der Waals surface area (Å²) in [4.78, 5) is 27.1. The van der Waals surface area contributed by atoms with E-state index in [1.807, 2.05) is 12.1 Å². The van der Waals surface area contributed by atoms with Gasteiger partial charge in [0.05, 0.1) is 17.8 Å². The number of carbonyl (C=O) groups is 2. The maximum atomic E-state index is 12.7. The summed E-state index contributed by atoms with van der Waals surface area (Å²) in [6, 6.07) is 14.2. The van der Waals surface area contributed by atoms with Crippen molar-refractivity contribution in [1.82, 2.24) is 10.2 Å². The average Bonchev–Trinajstić information content (AvgIpc) is 2.73. The summed E-state index contributed by atoms with van der Waals surface area (Å²) in [5, 5.41) is 5.71. The van der Waals surface area contributed by atoms with Crippen LogP contribution in [0, 0.1) is 0 Å². The predicted molar refractivity (Wildman–Crippen MR) is 123 cm³/mol. The molecule has 2 aromatic carbocycles. The van der Waals surface area contributed by atoms with E-state index in [4.69, 9.17) is 9.47 Å². The SMILES string of the molecule is C[C@@H]1CN(CCNC(=O)c2ccccc2OCC(=O)Nc2ccc(Br)cc2)C[C@@H](C)O1. The number of halogens is 1. The van der Waals surface area contributed by atoms with E-state index in [0.717, 1.165) is 24.1 Å². The van der Waals surface area contributed by atoms with Crippen LogP contribution < -0.4 is 15.4 Å². The zero-order valence-electron chi connectivity index (χ0n) is 17.8. The van der Waals surface area contributed by atoms with Crippen molar-refractivity contribution in [1.29, 1.82) is 0 Å². The Kier molecular flexibility index (Phi) is 8.45. The van der Waals surface area contributed by atoms with Gasteiger partial charge in [-0.3, -0.25) is 14.5 Å². The number of rotatable bonds is 8. The number of amides is 2. The number of nitrogens with one attached hydrogen (secondary N) is 2. The van der Waals surface area contributed by atoms with Gasteiger partial charge in [0.25, 0.3) is 11.8 Å². The summed E-state index contributed by atoms with van der Waals surface area (Å²) >= 11 is 3.36. The van der Waals surface area contributed by atoms with Crippen LogP contribution in [0.4, 0.5) is 5.69 Å². The summed E-state index contributed by atoms with van der Waals surface area (Å²) in [5.41, 5.74) is 1.08. The molecular weight excluding hydrogens is 462 g/mol. The fraction of sp³-hybridized carbons (Fsp3) is 0.391. The molecule has 0 saturated carbocycles. The van der Waals surface area contributed by atoms with Crippen molar-refractivity contribution >= 4 is 33.4 Å². The molecule has 2 atom stereocenters. The highest BCUT2D eigenvalue weighted by Gasteiger charge is 2.22. The molecule has 1 aliphatic heterocycles. The lowest BCUT2D eigenvalue weighted by atomic mass is 10.2. The van der Waals surface area contributed by atoms with Crippen LogP contribution in [-0.2, 0) is 9.53 Å². The van der Waals surface area contributed by atoms with E-state index < -0.39 is 0 Å². The predicted octanol–water partition coefficient (Wildman–Crippen LogP) is 3.31. The van der Waals surface area contributed by atoms with Gasteiger partial charge in [-0.05, 0) is 50.2 Å². The molecule has 1 fully saturated rings. The molecule has 2 N–H and O–H groups in total. The van der Waals surface area contributed by atoms with E-state index in [2.05, 4.69) is 45.3 Å². The quantitative estimate of drug-likeness (QED) is 0.594. The zero-order valence-corrected chi connectivity index (χ0v) is 19.4. The number of carbonyl (C=O) groups excluding carboxylic acids is 2. The molecule has 8 heteroatoms. The maximum absolute atomic E-state index is 12.7. The third-order valence-corrected chi connectivity index (χ3v) is 5.36. The molecule has 31 heavy (non-hydrogen) atoms. The zero-order chi connectivity index (χ0) is 22.2. The Morgan fingerprint density at radius 1 is 1.10 bits per heavy atom. The summed E-state index contributed by atoms with van der Waals surface area (Å²) in [7, 11) is 0. The molecule has 2 amide bonds. The molecule has 1 saturated heterocycles. The first-order valence-corrected chi connectivity index (χ1v) is 11.1. The van der Waals surface area contributed by atoms with E-state index >= 15 is 0 Å². The standard InChI is InChI=1S/C23H28BrN3O4/c1-16-13-27(14-17(2)31-16)12-11-25-23(29)20-5-3-4-6-21(20)30-15-22(28)26-19-9-7-18(24)8-10-19/h3-10,16-17H,11-15H2,1-2H3,(H,25,29)(H,26,28)/t16-,17-/m1/s1. The molecule has 7 nitrogen and oxygen atoms in total. The lowest BCUT2D eigenvalue weighted by molar-refractivity contribution is -0.118. The van der Waals surface area contributed by atoms with E-state index in [0.29, 0.717) is 23.5 Å². The highest BCUT2D eigenvalue weighted by Crippen LogP contribution is 2.18. The molecule has 0 unspecified atom stereocenters. The number of anilines is 1. The molecule has 1 heterocycles. The van der Waals surface area contributed by atoms with Crippen LogP contribution in [0.1, 0.15) is 24.2 Å². The second-order valence-electron chi connectivity index (χ2n) is 7.61. The highest BCUT2D eigenvalue weighted by atomic mass is 79.9. The largest absolute Gasteiger partial charge is 0.483 e. The molecule has 0 radical (unpaired) electrons. The fourth-order valence-corrected chi connectivity index (χ4v) is 3.81. The Balaban J connectivity index is 1.49. The minimum Gasteiger partial charge on any atom is -0.483 e. The van der Waals surface area contributed by atoms with Gasteiger partial charge in [0.2, 0.25) is 0 Å². The lowest BCUT2D eigenvalue weighted by Crippen LogP contribution is -2.47. The summed E-state index contributed by atoms with van der Waals surface area (Å²) in [6.45, 7) is 6.91. The molecule has 2 aromatic rings. The van der Waals surface area contributed by atoms with E-state index in [9.17, 15) is 9.59 Å². The summed E-state index contributed by atoms with van der Waals surface area (Å²) < 4.78 is 12.3. The van der Waals surface area contributed by atoms with Gasteiger partial charge >= 0.3 is 0 Å². The Morgan fingerprint density at radius 2 is 1.77 bits per heavy atom. The number of nitrogens with zero attached hydrogens (tertiary/aromatic N) is 1. The summed E-state index contributed by atoms with van der Waals surface area (Å²) in [6.07, 6.45) is 0.384. The second-order valence-corrected chi connectivity index (χ2v) is 8.53. The van der Waals surface area contributed by atoms with Crippen molar-refractivity contribution in [2.75, 3.05) is 38.1 Å². The van der Waals surface area contributed by atoms with Gasteiger partial charge in [0, 0.05) is 36.3 Å². The number of hydrogen-bond donors (Lipinski definition) is 2. The minimum atomic E-state index is -0.298. The van der Waals surface area contributed by atoms with Gasteiger partial charge in [-0.15, -0.1) is 0 Å². The van der Waals surface area contributed by atoms with E-state index in [-0.39, 0.29) is 30.6 Å². The monoisotopic (exact) mass is 489 g/mol. The van der Waals surface area contributed by atoms with Crippen LogP contribution in [0.5, 0.6) is 5.75 Å². The number of para-hydroxylation sites is 1. The lowest BCUT2D eigenvalue weighted by Gasteiger charge is -2.35. The van der Waals surface area contributed by atoms with E-state index in [1.165, 1.54) is 0 Å². The van der Waals surface area contributed by atoms with Crippen LogP contribution in [0.3, 0.4) is 0 Å². The molecule has 1 aliphatic rings. The molecule has 0 aromatic heterocycles. The van der Waals surface area contributed by atoms with Gasteiger partial charge in [-0.25, -0.2) is 0 Å². The molecule has 3 rings (SSSR count). The van der Waals surface area contributed by atoms with Gasteiger partial charge in [0.1, 0.15) is 5.75 Å². The molecule has 0 spiro atoms. The molecular formula is C23H28BrN3O4. The summed E-state index contributed by atoms with van der Waals surface area (Å²) in [5.74, 6) is -0.147. The van der Waals surface area contributed by atoms with Crippen molar-refractivity contribution < 1.29 is 19.1 Å². The molecule has 0 aliphatic carbocycles. The second kappa shape index (κ2) is 11.3. The normalized spacial score (nSPS) is 18.9. The fourth-order valence-electron chi connectivity index (χ4n) is 3.54. The van der Waals surface area contributed by atoms with Crippen LogP contribution in [0.2, 0.25) is 0 Å². The van der Waals surface area contributed by atoms with Gasteiger partial charge < -0.3 is 20.1 Å². The van der Waals surface area contributed by atoms with Crippen molar-refractivity contribution in [3.63, 3.8) is 0 Å². The first kappa shape index (κ1) is 23.2. The Labute approximate surface area is 191 Å². The van der Waals surface area contributed by atoms with Crippen LogP contribution in [-0.4, -0.2) is 61.7 Å². The van der Waals surface area contributed by atoms with Crippen LogP contribution in [0.25, 0.3) is 0 Å². The third kappa shape index (κ3) is 7.34. The third-order valence-electron chi connectivity index (χ3n) is 4.83. The van der Waals surface area contributed by atoms with E-state index in [1.54, 1.807) is 36.4 Å². The van der Waals surface area contributed by atoms with Gasteiger partial charge in [-0.1, -0.05) is 28.1 Å². The first-order chi connectivity index (χ1) is 14.9. The number of hydrogen-bond acceptors (Lipinski definition) is 5. The molecule has 0 bridgehead atoms. The highest BCUT2D eigenvalue weighted by molar-refractivity contribution is 9.10.